The second-order valence-electron chi connectivity index (χ2n) is 6.72. The van der Waals surface area contributed by atoms with Crippen LogP contribution in [0.3, 0.4) is 0 Å². The number of likely N-dealkylation sites (tertiary alicyclic amines) is 2. The van der Waals surface area contributed by atoms with E-state index in [0.29, 0.717) is 18.5 Å². The van der Waals surface area contributed by atoms with Crippen LogP contribution in [0.15, 0.2) is 10.8 Å². The maximum atomic E-state index is 11.9. The summed E-state index contributed by atoms with van der Waals surface area (Å²) in [7, 11) is 0. The van der Waals surface area contributed by atoms with E-state index < -0.39 is 0 Å². The number of piperidine rings is 2. The first kappa shape index (κ1) is 16.9. The molecule has 1 amide bonds. The molecule has 3 heterocycles. The molecule has 3 rings (SSSR count). The molecular weight excluding hydrogens is 306 g/mol. The zero-order chi connectivity index (χ0) is 16.8. The number of amides is 1. The predicted molar refractivity (Wildman–Crippen MR) is 89.2 cm³/mol. The van der Waals surface area contributed by atoms with Crippen molar-refractivity contribution in [3.8, 4) is 12.3 Å². The van der Waals surface area contributed by atoms with E-state index in [4.69, 9.17) is 6.42 Å². The fourth-order valence-corrected chi connectivity index (χ4v) is 3.76. The van der Waals surface area contributed by atoms with Crippen LogP contribution in [0.25, 0.3) is 0 Å². The van der Waals surface area contributed by atoms with Crippen molar-refractivity contribution in [1.29, 1.82) is 0 Å². The molecule has 0 bridgehead atoms. The molecule has 1 aromatic heterocycles. The molecule has 7 heteroatoms. The SMILES string of the molecule is C#CCN1CCC(N2CCC[C@H](CNC(=O)c3cnon3)C2)CC1. The third-order valence-electron chi connectivity index (χ3n) is 5.08. The van der Waals surface area contributed by atoms with Crippen LogP contribution in [-0.4, -0.2) is 71.3 Å². The highest BCUT2D eigenvalue weighted by atomic mass is 16.6. The van der Waals surface area contributed by atoms with Crippen LogP contribution in [0, 0.1) is 18.3 Å². The highest BCUT2D eigenvalue weighted by Gasteiger charge is 2.28. The Morgan fingerprint density at radius 3 is 2.92 bits per heavy atom. The highest BCUT2D eigenvalue weighted by Crippen LogP contribution is 2.23. The molecule has 0 unspecified atom stereocenters. The Kier molecular flexibility index (Phi) is 5.83. The van der Waals surface area contributed by atoms with Crippen LogP contribution in [-0.2, 0) is 0 Å². The molecule has 24 heavy (non-hydrogen) atoms. The summed E-state index contributed by atoms with van der Waals surface area (Å²) in [5.41, 5.74) is 0.239. The van der Waals surface area contributed by atoms with E-state index in [1.54, 1.807) is 0 Å². The van der Waals surface area contributed by atoms with Gasteiger partial charge in [-0.3, -0.25) is 14.6 Å². The van der Waals surface area contributed by atoms with Crippen LogP contribution in [0.5, 0.6) is 0 Å². The van der Waals surface area contributed by atoms with Gasteiger partial charge in [-0.05, 0) is 43.3 Å². The van der Waals surface area contributed by atoms with Gasteiger partial charge in [0.2, 0.25) is 0 Å². The van der Waals surface area contributed by atoms with Gasteiger partial charge in [0, 0.05) is 32.2 Å². The summed E-state index contributed by atoms with van der Waals surface area (Å²) in [6, 6.07) is 0.650. The molecule has 2 fully saturated rings. The minimum absolute atomic E-state index is 0.212. The summed E-state index contributed by atoms with van der Waals surface area (Å²) in [5.74, 6) is 3.01. The molecule has 2 saturated heterocycles. The number of nitrogens with one attached hydrogen (secondary N) is 1. The molecule has 7 nitrogen and oxygen atoms in total. The van der Waals surface area contributed by atoms with Crippen molar-refractivity contribution in [2.24, 2.45) is 5.92 Å². The van der Waals surface area contributed by atoms with E-state index in [1.807, 2.05) is 0 Å². The molecule has 0 saturated carbocycles. The van der Waals surface area contributed by atoms with E-state index >= 15 is 0 Å². The first-order valence-electron chi connectivity index (χ1n) is 8.72. The maximum Gasteiger partial charge on any atom is 0.275 e. The summed E-state index contributed by atoms with van der Waals surface area (Å²) >= 11 is 0. The molecule has 2 aliphatic rings. The minimum Gasteiger partial charge on any atom is -0.350 e. The van der Waals surface area contributed by atoms with Gasteiger partial charge >= 0.3 is 0 Å². The van der Waals surface area contributed by atoms with Gasteiger partial charge in [-0.1, -0.05) is 11.1 Å². The van der Waals surface area contributed by atoms with Crippen LogP contribution in [0.2, 0.25) is 0 Å². The van der Waals surface area contributed by atoms with Crippen LogP contribution < -0.4 is 5.32 Å². The van der Waals surface area contributed by atoms with Gasteiger partial charge in [0.05, 0.1) is 6.54 Å². The molecule has 1 N–H and O–H groups in total. The number of nitrogens with zero attached hydrogens (tertiary/aromatic N) is 4. The van der Waals surface area contributed by atoms with Crippen LogP contribution in [0.1, 0.15) is 36.2 Å². The van der Waals surface area contributed by atoms with E-state index in [0.717, 1.165) is 39.1 Å². The standard InChI is InChI=1S/C17H25N5O2/c1-2-7-21-9-5-15(6-10-21)22-8-3-4-14(13-22)11-18-17(23)16-12-19-24-20-16/h1,12,14-15H,3-11,13H2,(H,18,23)/t14-/m1/s1. The summed E-state index contributed by atoms with van der Waals surface area (Å²) in [5, 5.41) is 9.97. The fraction of sp³-hybridized carbons (Fsp3) is 0.706. The van der Waals surface area contributed by atoms with Crippen molar-refractivity contribution in [3.63, 3.8) is 0 Å². The first-order valence-corrected chi connectivity index (χ1v) is 8.72. The number of hydrogen-bond acceptors (Lipinski definition) is 6. The number of hydrogen-bond donors (Lipinski definition) is 1. The Labute approximate surface area is 142 Å². The summed E-state index contributed by atoms with van der Waals surface area (Å²) in [6.45, 7) is 5.84. The predicted octanol–water partition coefficient (Wildman–Crippen LogP) is 0.609. The molecule has 1 atom stereocenters. The topological polar surface area (TPSA) is 74.5 Å². The second-order valence-corrected chi connectivity index (χ2v) is 6.72. The molecule has 2 aliphatic heterocycles. The van der Waals surface area contributed by atoms with E-state index in [1.165, 1.54) is 25.5 Å². The quantitative estimate of drug-likeness (QED) is 0.797. The molecular formula is C17H25N5O2. The second kappa shape index (κ2) is 8.27. The van der Waals surface area contributed by atoms with Gasteiger partial charge in [-0.25, -0.2) is 4.63 Å². The zero-order valence-corrected chi connectivity index (χ0v) is 14.0. The lowest BCUT2D eigenvalue weighted by molar-refractivity contribution is 0.0726. The third kappa shape index (κ3) is 4.34. The smallest absolute Gasteiger partial charge is 0.275 e. The van der Waals surface area contributed by atoms with Crippen molar-refractivity contribution >= 4 is 5.91 Å². The lowest BCUT2D eigenvalue weighted by atomic mass is 9.93. The van der Waals surface area contributed by atoms with Crippen molar-refractivity contribution in [3.05, 3.63) is 11.9 Å². The number of terminal acetylenes is 1. The number of carbonyl (C=O) groups is 1. The molecule has 0 spiro atoms. The van der Waals surface area contributed by atoms with Crippen molar-refractivity contribution in [2.45, 2.75) is 31.7 Å². The maximum absolute atomic E-state index is 11.9. The Morgan fingerprint density at radius 1 is 1.38 bits per heavy atom. The third-order valence-corrected chi connectivity index (χ3v) is 5.08. The summed E-state index contributed by atoms with van der Waals surface area (Å²) < 4.78 is 4.46. The number of rotatable bonds is 5. The summed E-state index contributed by atoms with van der Waals surface area (Å²) in [4.78, 5) is 16.9. The fourth-order valence-electron chi connectivity index (χ4n) is 3.76. The highest BCUT2D eigenvalue weighted by molar-refractivity contribution is 5.91. The van der Waals surface area contributed by atoms with Crippen molar-refractivity contribution < 1.29 is 9.42 Å². The number of aromatic nitrogens is 2. The lowest BCUT2D eigenvalue weighted by Gasteiger charge is -2.42. The minimum atomic E-state index is -0.212. The molecule has 130 valence electrons. The lowest BCUT2D eigenvalue weighted by Crippen LogP contribution is -2.50. The van der Waals surface area contributed by atoms with E-state index in [9.17, 15) is 4.79 Å². The largest absolute Gasteiger partial charge is 0.350 e. The van der Waals surface area contributed by atoms with E-state index in [2.05, 4.69) is 36.0 Å². The number of carbonyl (C=O) groups excluding carboxylic acids is 1. The zero-order valence-electron chi connectivity index (χ0n) is 14.0. The Bertz CT molecular complexity index is 560. The molecule has 1 aromatic rings. The van der Waals surface area contributed by atoms with Crippen LogP contribution >= 0.6 is 0 Å². The average Bonchev–Trinajstić information content (AvgIpc) is 3.16. The van der Waals surface area contributed by atoms with Gasteiger partial charge in [0.15, 0.2) is 5.69 Å². The monoisotopic (exact) mass is 331 g/mol. The van der Waals surface area contributed by atoms with Gasteiger partial charge < -0.3 is 5.32 Å². The Hall–Kier alpha value is -1.91. The first-order chi connectivity index (χ1) is 11.8. The Balaban J connectivity index is 1.43. The molecule has 0 radical (unpaired) electrons. The van der Waals surface area contributed by atoms with E-state index in [-0.39, 0.29) is 11.6 Å². The van der Waals surface area contributed by atoms with Gasteiger partial charge in [-0.2, -0.15) is 0 Å². The average molecular weight is 331 g/mol. The van der Waals surface area contributed by atoms with Gasteiger partial charge in [0.25, 0.3) is 5.91 Å². The van der Waals surface area contributed by atoms with Crippen LogP contribution in [0.4, 0.5) is 0 Å². The van der Waals surface area contributed by atoms with Crippen molar-refractivity contribution in [1.82, 2.24) is 25.4 Å². The summed E-state index contributed by atoms with van der Waals surface area (Å²) in [6.07, 6.45) is 11.5. The normalized spacial score (nSPS) is 23.7. The van der Waals surface area contributed by atoms with Crippen molar-refractivity contribution in [2.75, 3.05) is 39.3 Å². The van der Waals surface area contributed by atoms with Gasteiger partial charge in [0.1, 0.15) is 6.20 Å². The molecule has 0 aromatic carbocycles. The Morgan fingerprint density at radius 2 is 2.21 bits per heavy atom. The molecule has 0 aliphatic carbocycles. The van der Waals surface area contributed by atoms with Gasteiger partial charge in [-0.15, -0.1) is 6.42 Å².